The zero-order valence-corrected chi connectivity index (χ0v) is 8.55. The molecule has 0 heterocycles. The Hall–Kier alpha value is -0.830. The molecule has 0 aliphatic carbocycles. The summed E-state index contributed by atoms with van der Waals surface area (Å²) in [4.78, 5) is 12.3. The van der Waals surface area contributed by atoms with E-state index in [4.69, 9.17) is 5.11 Å². The number of carboxylic acids is 1. The summed E-state index contributed by atoms with van der Waals surface area (Å²) in [6.07, 6.45) is 1.95. The summed E-state index contributed by atoms with van der Waals surface area (Å²) in [5.74, 6) is -0.720. The molecule has 76 valence electrons. The quantitative estimate of drug-likeness (QED) is 0.614. The van der Waals surface area contributed by atoms with Gasteiger partial charge in [-0.25, -0.2) is 0 Å². The predicted molar refractivity (Wildman–Crippen MR) is 53.8 cm³/mol. The molecule has 0 saturated heterocycles. The lowest BCUT2D eigenvalue weighted by atomic mass is 10.2. The van der Waals surface area contributed by atoms with Gasteiger partial charge in [0, 0.05) is 13.0 Å². The highest BCUT2D eigenvalue weighted by molar-refractivity contribution is 5.66. The van der Waals surface area contributed by atoms with Crippen LogP contribution in [0.4, 0.5) is 0 Å². The smallest absolute Gasteiger partial charge is 0.303 e. The van der Waals surface area contributed by atoms with E-state index < -0.39 is 5.97 Å². The van der Waals surface area contributed by atoms with Crippen LogP contribution in [0.15, 0.2) is 12.2 Å². The minimum Gasteiger partial charge on any atom is -0.481 e. The van der Waals surface area contributed by atoms with Crippen LogP contribution < -0.4 is 0 Å². The molecule has 0 aliphatic rings. The molecule has 0 fully saturated rings. The van der Waals surface area contributed by atoms with Crippen LogP contribution >= 0.6 is 0 Å². The Bertz CT molecular complexity index is 178. The van der Waals surface area contributed by atoms with Gasteiger partial charge in [-0.05, 0) is 26.4 Å². The summed E-state index contributed by atoms with van der Waals surface area (Å²) in [7, 11) is 1.99. The molecule has 0 atom stereocenters. The molecule has 0 radical (unpaired) electrons. The molecule has 0 aliphatic heterocycles. The minimum atomic E-state index is -0.720. The van der Waals surface area contributed by atoms with Gasteiger partial charge in [0.05, 0.1) is 0 Å². The molecule has 0 saturated carbocycles. The molecule has 0 aromatic carbocycles. The normalized spacial score (nSPS) is 10.4. The number of rotatable bonds is 7. The maximum atomic E-state index is 10.2. The lowest BCUT2D eigenvalue weighted by Gasteiger charge is -2.16. The summed E-state index contributed by atoms with van der Waals surface area (Å²) in [6, 6.07) is 0. The zero-order valence-electron chi connectivity index (χ0n) is 8.55. The molecular formula is C10H19NO2. The summed E-state index contributed by atoms with van der Waals surface area (Å²) < 4.78 is 0. The van der Waals surface area contributed by atoms with Gasteiger partial charge in [-0.15, -0.1) is 0 Å². The molecule has 0 spiro atoms. The molecule has 0 rings (SSSR count). The highest BCUT2D eigenvalue weighted by atomic mass is 16.4. The number of aliphatic carboxylic acids is 1. The second-order valence-corrected chi connectivity index (χ2v) is 3.34. The first-order valence-corrected chi connectivity index (χ1v) is 4.63. The fourth-order valence-corrected chi connectivity index (χ4v) is 1.07. The Kier molecular flexibility index (Phi) is 6.24. The minimum absolute atomic E-state index is 0.253. The average molecular weight is 185 g/mol. The van der Waals surface area contributed by atoms with Crippen molar-refractivity contribution < 1.29 is 9.90 Å². The van der Waals surface area contributed by atoms with Gasteiger partial charge in [0.15, 0.2) is 0 Å². The van der Waals surface area contributed by atoms with Crippen molar-refractivity contribution in [3.8, 4) is 0 Å². The summed E-state index contributed by atoms with van der Waals surface area (Å²) in [5.41, 5.74) is 1.19. The maximum Gasteiger partial charge on any atom is 0.303 e. The Balaban J connectivity index is 3.45. The standard InChI is InChI=1S/C10H19NO2/c1-4-9(2)8-11(3)7-5-6-10(12)13/h2,4-8H2,1,3H3,(H,12,13). The molecule has 3 nitrogen and oxygen atoms in total. The van der Waals surface area contributed by atoms with Crippen LogP contribution in [0.5, 0.6) is 0 Å². The van der Waals surface area contributed by atoms with Gasteiger partial charge in [-0.3, -0.25) is 4.79 Å². The van der Waals surface area contributed by atoms with E-state index in [1.165, 1.54) is 5.57 Å². The molecule has 0 aromatic rings. The van der Waals surface area contributed by atoms with Crippen LogP contribution in [-0.2, 0) is 4.79 Å². The van der Waals surface area contributed by atoms with Crippen LogP contribution in [0.25, 0.3) is 0 Å². The molecule has 0 bridgehead atoms. The zero-order chi connectivity index (χ0) is 10.3. The number of hydrogen-bond acceptors (Lipinski definition) is 2. The second kappa shape index (κ2) is 6.66. The summed E-state index contributed by atoms with van der Waals surface area (Å²) >= 11 is 0. The van der Waals surface area contributed by atoms with Crippen LogP contribution in [0.3, 0.4) is 0 Å². The molecule has 0 unspecified atom stereocenters. The number of carboxylic acid groups (broad SMARTS) is 1. The van der Waals surface area contributed by atoms with Gasteiger partial charge in [-0.1, -0.05) is 19.1 Å². The van der Waals surface area contributed by atoms with E-state index >= 15 is 0 Å². The molecule has 1 N–H and O–H groups in total. The van der Waals surface area contributed by atoms with Crippen molar-refractivity contribution >= 4 is 5.97 Å². The Morgan fingerprint density at radius 3 is 2.62 bits per heavy atom. The van der Waals surface area contributed by atoms with Crippen LogP contribution in [0.1, 0.15) is 26.2 Å². The summed E-state index contributed by atoms with van der Waals surface area (Å²) in [6.45, 7) is 7.67. The third kappa shape index (κ3) is 7.53. The molecule has 3 heteroatoms. The molecular weight excluding hydrogens is 166 g/mol. The SMILES string of the molecule is C=C(CC)CN(C)CCCC(=O)O. The van der Waals surface area contributed by atoms with Crippen molar-refractivity contribution in [2.75, 3.05) is 20.1 Å². The van der Waals surface area contributed by atoms with Gasteiger partial charge in [-0.2, -0.15) is 0 Å². The Morgan fingerprint density at radius 1 is 1.54 bits per heavy atom. The van der Waals surface area contributed by atoms with Crippen molar-refractivity contribution in [2.24, 2.45) is 0 Å². The van der Waals surface area contributed by atoms with E-state index in [1.54, 1.807) is 0 Å². The lowest BCUT2D eigenvalue weighted by molar-refractivity contribution is -0.137. The molecule has 0 amide bonds. The maximum absolute atomic E-state index is 10.2. The molecule has 0 aromatic heterocycles. The van der Waals surface area contributed by atoms with Crippen LogP contribution in [0, 0.1) is 0 Å². The predicted octanol–water partition coefficient (Wildman–Crippen LogP) is 1.75. The fraction of sp³-hybridized carbons (Fsp3) is 0.700. The lowest BCUT2D eigenvalue weighted by Crippen LogP contribution is -2.22. The summed E-state index contributed by atoms with van der Waals surface area (Å²) in [5, 5.41) is 8.42. The molecule has 13 heavy (non-hydrogen) atoms. The Labute approximate surface area is 80.0 Å². The third-order valence-electron chi connectivity index (χ3n) is 1.92. The van der Waals surface area contributed by atoms with Gasteiger partial charge in [0.25, 0.3) is 0 Å². The van der Waals surface area contributed by atoms with E-state index in [9.17, 15) is 4.79 Å². The van der Waals surface area contributed by atoms with Gasteiger partial charge in [0.2, 0.25) is 0 Å². The second-order valence-electron chi connectivity index (χ2n) is 3.34. The van der Waals surface area contributed by atoms with Crippen LogP contribution in [-0.4, -0.2) is 36.1 Å². The third-order valence-corrected chi connectivity index (χ3v) is 1.92. The van der Waals surface area contributed by atoms with Crippen molar-refractivity contribution in [1.29, 1.82) is 0 Å². The fourth-order valence-electron chi connectivity index (χ4n) is 1.07. The first-order valence-electron chi connectivity index (χ1n) is 4.63. The number of likely N-dealkylation sites (N-methyl/N-ethyl adjacent to an activating group) is 1. The number of carbonyl (C=O) groups is 1. The first-order chi connectivity index (χ1) is 6.06. The van der Waals surface area contributed by atoms with E-state index in [-0.39, 0.29) is 6.42 Å². The van der Waals surface area contributed by atoms with E-state index in [0.29, 0.717) is 6.42 Å². The monoisotopic (exact) mass is 185 g/mol. The number of nitrogens with zero attached hydrogens (tertiary/aromatic N) is 1. The van der Waals surface area contributed by atoms with E-state index in [2.05, 4.69) is 18.4 Å². The largest absolute Gasteiger partial charge is 0.481 e. The van der Waals surface area contributed by atoms with Crippen molar-refractivity contribution in [1.82, 2.24) is 4.90 Å². The highest BCUT2D eigenvalue weighted by Crippen LogP contribution is 2.00. The van der Waals surface area contributed by atoms with Gasteiger partial charge >= 0.3 is 5.97 Å². The average Bonchev–Trinajstić information content (AvgIpc) is 2.03. The Morgan fingerprint density at radius 2 is 2.15 bits per heavy atom. The van der Waals surface area contributed by atoms with Crippen molar-refractivity contribution in [2.45, 2.75) is 26.2 Å². The van der Waals surface area contributed by atoms with Crippen LogP contribution in [0.2, 0.25) is 0 Å². The van der Waals surface area contributed by atoms with Gasteiger partial charge < -0.3 is 10.0 Å². The van der Waals surface area contributed by atoms with Crippen molar-refractivity contribution in [3.05, 3.63) is 12.2 Å². The first kappa shape index (κ1) is 12.2. The topological polar surface area (TPSA) is 40.5 Å². The number of hydrogen-bond donors (Lipinski definition) is 1. The van der Waals surface area contributed by atoms with E-state index in [1.807, 2.05) is 7.05 Å². The van der Waals surface area contributed by atoms with Crippen molar-refractivity contribution in [3.63, 3.8) is 0 Å². The van der Waals surface area contributed by atoms with Gasteiger partial charge in [0.1, 0.15) is 0 Å². The van der Waals surface area contributed by atoms with E-state index in [0.717, 1.165) is 19.5 Å². The highest BCUT2D eigenvalue weighted by Gasteiger charge is 2.01.